The van der Waals surface area contributed by atoms with Crippen LogP contribution in [-0.2, 0) is 14.3 Å². The van der Waals surface area contributed by atoms with Crippen LogP contribution in [-0.4, -0.2) is 41.9 Å². The van der Waals surface area contributed by atoms with Crippen molar-refractivity contribution < 1.29 is 19.1 Å². The van der Waals surface area contributed by atoms with Crippen LogP contribution in [0.3, 0.4) is 0 Å². The SMILES string of the molecule is CCOC(=O)CCNC(=O)[C@@H]1c2ccccc2C(=O)N(C2CCCC2)[C@H]1c1ccc(Cl)cc1Cl. The number of carbonyl (C=O) groups is 3. The number of hydrogen-bond acceptors (Lipinski definition) is 4. The zero-order chi connectivity index (χ0) is 24.2. The van der Waals surface area contributed by atoms with Gasteiger partial charge in [-0.25, -0.2) is 0 Å². The van der Waals surface area contributed by atoms with E-state index < -0.39 is 12.0 Å². The minimum absolute atomic E-state index is 0.0208. The Balaban J connectivity index is 1.77. The molecule has 6 nitrogen and oxygen atoms in total. The van der Waals surface area contributed by atoms with Crippen molar-refractivity contribution in [3.05, 3.63) is 69.2 Å². The van der Waals surface area contributed by atoms with Crippen molar-refractivity contribution in [3.8, 4) is 0 Å². The normalized spacial score (nSPS) is 20.2. The first-order chi connectivity index (χ1) is 16.4. The van der Waals surface area contributed by atoms with Crippen molar-refractivity contribution in [3.63, 3.8) is 0 Å². The molecule has 1 heterocycles. The van der Waals surface area contributed by atoms with Gasteiger partial charge in [0.15, 0.2) is 0 Å². The summed E-state index contributed by atoms with van der Waals surface area (Å²) in [5.74, 6) is -1.40. The van der Waals surface area contributed by atoms with Crippen LogP contribution in [0.1, 0.15) is 72.5 Å². The number of fused-ring (bicyclic) bond motifs is 1. The largest absolute Gasteiger partial charge is 0.466 e. The van der Waals surface area contributed by atoms with Gasteiger partial charge in [-0.15, -0.1) is 0 Å². The molecule has 180 valence electrons. The fourth-order valence-corrected chi connectivity index (χ4v) is 5.64. The molecule has 1 N–H and O–H groups in total. The number of hydrogen-bond donors (Lipinski definition) is 1. The van der Waals surface area contributed by atoms with Crippen LogP contribution in [0.25, 0.3) is 0 Å². The van der Waals surface area contributed by atoms with Crippen LogP contribution >= 0.6 is 23.2 Å². The van der Waals surface area contributed by atoms with Crippen LogP contribution in [0.2, 0.25) is 10.0 Å². The first-order valence-electron chi connectivity index (χ1n) is 11.7. The molecule has 0 unspecified atom stereocenters. The summed E-state index contributed by atoms with van der Waals surface area (Å²) < 4.78 is 4.97. The Morgan fingerprint density at radius 2 is 1.82 bits per heavy atom. The first kappa shape index (κ1) is 24.6. The maximum Gasteiger partial charge on any atom is 0.307 e. The van der Waals surface area contributed by atoms with Crippen molar-refractivity contribution in [2.75, 3.05) is 13.2 Å². The Hall–Kier alpha value is -2.57. The van der Waals surface area contributed by atoms with E-state index in [2.05, 4.69) is 5.32 Å². The number of amides is 2. The van der Waals surface area contributed by atoms with Crippen LogP contribution in [0, 0.1) is 0 Å². The lowest BCUT2D eigenvalue weighted by molar-refractivity contribution is -0.143. The van der Waals surface area contributed by atoms with Crippen LogP contribution in [0.15, 0.2) is 42.5 Å². The summed E-state index contributed by atoms with van der Waals surface area (Å²) in [4.78, 5) is 41.1. The molecule has 1 aliphatic carbocycles. The van der Waals surface area contributed by atoms with Gasteiger partial charge in [-0.05, 0) is 49.1 Å². The zero-order valence-electron chi connectivity index (χ0n) is 19.1. The molecule has 2 amide bonds. The molecule has 1 fully saturated rings. The molecule has 0 spiro atoms. The second kappa shape index (κ2) is 10.8. The summed E-state index contributed by atoms with van der Waals surface area (Å²) in [5, 5.41) is 3.79. The molecule has 2 atom stereocenters. The monoisotopic (exact) mass is 502 g/mol. The van der Waals surface area contributed by atoms with E-state index in [-0.39, 0.29) is 36.8 Å². The molecule has 34 heavy (non-hydrogen) atoms. The number of carbonyl (C=O) groups excluding carboxylic acids is 3. The molecule has 2 aromatic carbocycles. The average molecular weight is 503 g/mol. The van der Waals surface area contributed by atoms with E-state index in [1.807, 2.05) is 23.1 Å². The summed E-state index contributed by atoms with van der Waals surface area (Å²) in [6, 6.07) is 11.9. The van der Waals surface area contributed by atoms with Gasteiger partial charge in [-0.1, -0.05) is 60.3 Å². The third-order valence-electron chi connectivity index (χ3n) is 6.59. The van der Waals surface area contributed by atoms with E-state index in [4.69, 9.17) is 27.9 Å². The fourth-order valence-electron chi connectivity index (χ4n) is 5.12. The smallest absolute Gasteiger partial charge is 0.307 e. The molecular weight excluding hydrogens is 475 g/mol. The number of nitrogens with one attached hydrogen (secondary N) is 1. The minimum atomic E-state index is -0.685. The molecule has 1 aliphatic heterocycles. The Kier molecular flexibility index (Phi) is 7.79. The first-order valence-corrected chi connectivity index (χ1v) is 12.5. The topological polar surface area (TPSA) is 75.7 Å². The highest BCUT2D eigenvalue weighted by Gasteiger charge is 2.47. The van der Waals surface area contributed by atoms with E-state index in [1.54, 1.807) is 31.2 Å². The third kappa shape index (κ3) is 4.93. The van der Waals surface area contributed by atoms with Gasteiger partial charge in [0, 0.05) is 28.2 Å². The van der Waals surface area contributed by atoms with Crippen molar-refractivity contribution in [2.24, 2.45) is 0 Å². The standard InChI is InChI=1S/C26H28Cl2N2O4/c1-2-34-22(31)13-14-29-25(32)23-18-9-5-6-10-19(18)26(33)30(17-7-3-4-8-17)24(23)20-12-11-16(27)15-21(20)28/h5-6,9-12,15,17,23-24H,2-4,7-8,13-14H2,1H3,(H,29,32)/t23-,24+/m1/s1. The van der Waals surface area contributed by atoms with Crippen molar-refractivity contribution in [1.29, 1.82) is 0 Å². The Bertz CT molecular complexity index is 1080. The lowest BCUT2D eigenvalue weighted by Crippen LogP contribution is -2.51. The van der Waals surface area contributed by atoms with Crippen LogP contribution in [0.5, 0.6) is 0 Å². The lowest BCUT2D eigenvalue weighted by Gasteiger charge is -2.45. The van der Waals surface area contributed by atoms with E-state index >= 15 is 0 Å². The summed E-state index contributed by atoms with van der Waals surface area (Å²) >= 11 is 12.8. The number of benzene rings is 2. The van der Waals surface area contributed by atoms with Gasteiger partial charge in [-0.2, -0.15) is 0 Å². The van der Waals surface area contributed by atoms with Gasteiger partial charge in [0.05, 0.1) is 25.0 Å². The van der Waals surface area contributed by atoms with Gasteiger partial charge in [0.1, 0.15) is 0 Å². The highest BCUT2D eigenvalue weighted by Crippen LogP contribution is 2.47. The Morgan fingerprint density at radius 3 is 2.53 bits per heavy atom. The quantitative estimate of drug-likeness (QED) is 0.522. The maximum atomic E-state index is 13.8. The number of esters is 1. The van der Waals surface area contributed by atoms with Gasteiger partial charge < -0.3 is 15.0 Å². The molecular formula is C26H28Cl2N2O4. The molecule has 0 radical (unpaired) electrons. The van der Waals surface area contributed by atoms with Gasteiger partial charge in [0.2, 0.25) is 5.91 Å². The Labute approximate surface area is 209 Å². The van der Waals surface area contributed by atoms with Crippen molar-refractivity contribution in [2.45, 2.75) is 57.0 Å². The summed E-state index contributed by atoms with van der Waals surface area (Å²) in [6.45, 7) is 2.18. The van der Waals surface area contributed by atoms with Crippen molar-refractivity contribution in [1.82, 2.24) is 10.2 Å². The van der Waals surface area contributed by atoms with E-state index in [0.717, 1.165) is 25.7 Å². The predicted molar refractivity (Wildman–Crippen MR) is 131 cm³/mol. The molecule has 1 saturated carbocycles. The maximum absolute atomic E-state index is 13.8. The molecule has 0 saturated heterocycles. The molecule has 0 bridgehead atoms. The number of nitrogens with zero attached hydrogens (tertiary/aromatic N) is 1. The summed E-state index contributed by atoms with van der Waals surface area (Å²) in [5.41, 5.74) is 1.87. The van der Waals surface area contributed by atoms with Crippen LogP contribution < -0.4 is 5.32 Å². The second-order valence-electron chi connectivity index (χ2n) is 8.67. The van der Waals surface area contributed by atoms with E-state index in [9.17, 15) is 14.4 Å². The van der Waals surface area contributed by atoms with E-state index in [0.29, 0.717) is 33.3 Å². The number of halogens is 2. The molecule has 2 aliphatic rings. The van der Waals surface area contributed by atoms with Gasteiger partial charge >= 0.3 is 5.97 Å². The van der Waals surface area contributed by atoms with Crippen molar-refractivity contribution >= 4 is 41.0 Å². The fraction of sp³-hybridized carbons (Fsp3) is 0.423. The minimum Gasteiger partial charge on any atom is -0.466 e. The third-order valence-corrected chi connectivity index (χ3v) is 7.15. The lowest BCUT2D eigenvalue weighted by atomic mass is 9.78. The highest BCUT2D eigenvalue weighted by atomic mass is 35.5. The molecule has 0 aromatic heterocycles. The van der Waals surface area contributed by atoms with Gasteiger partial charge in [-0.3, -0.25) is 14.4 Å². The molecule has 2 aromatic rings. The average Bonchev–Trinajstić information content (AvgIpc) is 3.33. The van der Waals surface area contributed by atoms with E-state index in [1.165, 1.54) is 0 Å². The predicted octanol–water partition coefficient (Wildman–Crippen LogP) is 5.29. The summed E-state index contributed by atoms with van der Waals surface area (Å²) in [6.07, 6.45) is 3.91. The second-order valence-corrected chi connectivity index (χ2v) is 9.52. The summed E-state index contributed by atoms with van der Waals surface area (Å²) in [7, 11) is 0. The molecule has 8 heteroatoms. The number of rotatable bonds is 7. The number of ether oxygens (including phenoxy) is 1. The Morgan fingerprint density at radius 1 is 1.09 bits per heavy atom. The zero-order valence-corrected chi connectivity index (χ0v) is 20.6. The highest BCUT2D eigenvalue weighted by molar-refractivity contribution is 6.35. The van der Waals surface area contributed by atoms with Crippen LogP contribution in [0.4, 0.5) is 0 Å². The van der Waals surface area contributed by atoms with Gasteiger partial charge in [0.25, 0.3) is 5.91 Å². The molecule has 4 rings (SSSR count).